The maximum atomic E-state index is 4.25. The van der Waals surface area contributed by atoms with Crippen LogP contribution in [-0.2, 0) is 13.6 Å². The smallest absolute Gasteiger partial charge is 0.191 e. The second kappa shape index (κ2) is 10.0. The molecule has 0 aromatic carbocycles. The summed E-state index contributed by atoms with van der Waals surface area (Å²) in [5, 5.41) is 10.7. The number of halogens is 1. The molecule has 126 valence electrons. The van der Waals surface area contributed by atoms with Gasteiger partial charge in [-0.05, 0) is 24.7 Å². The minimum Gasteiger partial charge on any atom is -0.356 e. The number of guanidine groups is 1. The first-order chi connectivity index (χ1) is 10.2. The van der Waals surface area contributed by atoms with Crippen LogP contribution in [0, 0.1) is 11.8 Å². The van der Waals surface area contributed by atoms with E-state index in [1.807, 2.05) is 7.05 Å². The van der Waals surface area contributed by atoms with Crippen molar-refractivity contribution in [2.45, 2.75) is 45.6 Å². The van der Waals surface area contributed by atoms with Crippen molar-refractivity contribution < 1.29 is 0 Å². The molecule has 2 atom stereocenters. The van der Waals surface area contributed by atoms with Crippen LogP contribution in [0.15, 0.2) is 11.3 Å². The molecule has 7 heteroatoms. The Morgan fingerprint density at radius 2 is 2.23 bits per heavy atom. The Labute approximate surface area is 150 Å². The fourth-order valence-corrected chi connectivity index (χ4v) is 3.08. The minimum atomic E-state index is 0. The number of nitrogens with zero attached hydrogens (tertiary/aromatic N) is 4. The third-order valence-corrected chi connectivity index (χ3v) is 4.33. The van der Waals surface area contributed by atoms with Crippen LogP contribution >= 0.6 is 24.0 Å². The van der Waals surface area contributed by atoms with E-state index in [9.17, 15) is 0 Å². The summed E-state index contributed by atoms with van der Waals surface area (Å²) in [5.41, 5.74) is 0. The first-order valence-corrected chi connectivity index (χ1v) is 7.96. The van der Waals surface area contributed by atoms with E-state index < -0.39 is 0 Å². The quantitative estimate of drug-likeness (QED) is 0.436. The van der Waals surface area contributed by atoms with Crippen LogP contribution in [-0.4, -0.2) is 34.3 Å². The van der Waals surface area contributed by atoms with Crippen molar-refractivity contribution in [1.82, 2.24) is 25.4 Å². The van der Waals surface area contributed by atoms with Crippen molar-refractivity contribution in [2.24, 2.45) is 23.9 Å². The lowest BCUT2D eigenvalue weighted by molar-refractivity contribution is 0.270. The molecule has 1 aromatic heterocycles. The SMILES string of the molecule is CN=C(NCCC1CCCC(C)C1)NCc1ncnn1C.I. The molecule has 1 aliphatic carbocycles. The van der Waals surface area contributed by atoms with Gasteiger partial charge < -0.3 is 10.6 Å². The first-order valence-electron chi connectivity index (χ1n) is 7.96. The summed E-state index contributed by atoms with van der Waals surface area (Å²) in [6.45, 7) is 3.99. The predicted molar refractivity (Wildman–Crippen MR) is 100 cm³/mol. The molecule has 22 heavy (non-hydrogen) atoms. The largest absolute Gasteiger partial charge is 0.356 e. The number of rotatable bonds is 5. The van der Waals surface area contributed by atoms with Gasteiger partial charge in [0.05, 0.1) is 6.54 Å². The van der Waals surface area contributed by atoms with Crippen LogP contribution in [0.3, 0.4) is 0 Å². The summed E-state index contributed by atoms with van der Waals surface area (Å²) in [7, 11) is 3.69. The van der Waals surface area contributed by atoms with Crippen molar-refractivity contribution in [1.29, 1.82) is 0 Å². The topological polar surface area (TPSA) is 67.1 Å². The second-order valence-corrected chi connectivity index (χ2v) is 6.08. The van der Waals surface area contributed by atoms with Gasteiger partial charge in [-0.15, -0.1) is 24.0 Å². The molecule has 1 fully saturated rings. The molecule has 0 spiro atoms. The second-order valence-electron chi connectivity index (χ2n) is 6.08. The Balaban J connectivity index is 0.00000242. The fraction of sp³-hybridized carbons (Fsp3) is 0.800. The molecule has 2 N–H and O–H groups in total. The number of aliphatic imine (C=N–C) groups is 1. The molecule has 1 aromatic rings. The van der Waals surface area contributed by atoms with Gasteiger partial charge in [0.2, 0.25) is 0 Å². The molecule has 0 amide bonds. The van der Waals surface area contributed by atoms with Gasteiger partial charge in [-0.3, -0.25) is 9.67 Å². The number of nitrogens with one attached hydrogen (secondary N) is 2. The first kappa shape index (κ1) is 19.2. The van der Waals surface area contributed by atoms with Crippen LogP contribution in [0.2, 0.25) is 0 Å². The number of aromatic nitrogens is 3. The predicted octanol–water partition coefficient (Wildman–Crippen LogP) is 2.31. The van der Waals surface area contributed by atoms with Gasteiger partial charge in [0.1, 0.15) is 12.2 Å². The fourth-order valence-electron chi connectivity index (χ4n) is 3.08. The summed E-state index contributed by atoms with van der Waals surface area (Å²) < 4.78 is 1.77. The van der Waals surface area contributed by atoms with Gasteiger partial charge in [-0.25, -0.2) is 4.98 Å². The van der Waals surface area contributed by atoms with Crippen molar-refractivity contribution >= 4 is 29.9 Å². The lowest BCUT2D eigenvalue weighted by Crippen LogP contribution is -2.38. The molecular formula is C15H29IN6. The lowest BCUT2D eigenvalue weighted by atomic mass is 9.81. The van der Waals surface area contributed by atoms with E-state index in [0.29, 0.717) is 6.54 Å². The molecule has 0 bridgehead atoms. The number of aryl methyl sites for hydroxylation is 1. The van der Waals surface area contributed by atoms with Crippen LogP contribution in [0.1, 0.15) is 44.9 Å². The Bertz CT molecular complexity index is 459. The van der Waals surface area contributed by atoms with E-state index in [-0.39, 0.29) is 24.0 Å². The highest BCUT2D eigenvalue weighted by molar-refractivity contribution is 14.0. The van der Waals surface area contributed by atoms with Crippen LogP contribution < -0.4 is 10.6 Å². The average Bonchev–Trinajstić information content (AvgIpc) is 2.88. The summed E-state index contributed by atoms with van der Waals surface area (Å²) in [5.74, 6) is 3.51. The van der Waals surface area contributed by atoms with Crippen LogP contribution in [0.5, 0.6) is 0 Å². The van der Waals surface area contributed by atoms with Gasteiger partial charge in [0.15, 0.2) is 5.96 Å². The molecule has 1 aliphatic rings. The molecule has 2 rings (SSSR count). The molecule has 0 saturated heterocycles. The highest BCUT2D eigenvalue weighted by Crippen LogP contribution is 2.30. The zero-order chi connectivity index (χ0) is 15.1. The van der Waals surface area contributed by atoms with Crippen molar-refractivity contribution in [3.05, 3.63) is 12.2 Å². The van der Waals surface area contributed by atoms with Crippen molar-refractivity contribution in [3.63, 3.8) is 0 Å². The van der Waals surface area contributed by atoms with Gasteiger partial charge in [0.25, 0.3) is 0 Å². The van der Waals surface area contributed by atoms with Crippen LogP contribution in [0.4, 0.5) is 0 Å². The van der Waals surface area contributed by atoms with Gasteiger partial charge in [-0.2, -0.15) is 5.10 Å². The van der Waals surface area contributed by atoms with E-state index in [4.69, 9.17) is 0 Å². The highest BCUT2D eigenvalue weighted by Gasteiger charge is 2.18. The van der Waals surface area contributed by atoms with E-state index in [1.54, 1.807) is 18.1 Å². The summed E-state index contributed by atoms with van der Waals surface area (Å²) in [6.07, 6.45) is 8.37. The van der Waals surface area contributed by atoms with Gasteiger partial charge >= 0.3 is 0 Å². The van der Waals surface area contributed by atoms with Crippen molar-refractivity contribution in [2.75, 3.05) is 13.6 Å². The maximum absolute atomic E-state index is 4.25. The molecule has 6 nitrogen and oxygen atoms in total. The Kier molecular flexibility index (Phi) is 8.74. The van der Waals surface area contributed by atoms with E-state index in [0.717, 1.165) is 30.2 Å². The lowest BCUT2D eigenvalue weighted by Gasteiger charge is -2.26. The standard InChI is InChI=1S/C15H28N6.HI/c1-12-5-4-6-13(9-12)7-8-17-15(16-2)18-10-14-19-11-20-21(14)3;/h11-13H,4-10H2,1-3H3,(H2,16,17,18);1H. The average molecular weight is 420 g/mol. The third-order valence-electron chi connectivity index (χ3n) is 4.33. The summed E-state index contributed by atoms with van der Waals surface area (Å²) in [6, 6.07) is 0. The Morgan fingerprint density at radius 3 is 2.86 bits per heavy atom. The molecule has 2 unspecified atom stereocenters. The van der Waals surface area contributed by atoms with E-state index in [2.05, 4.69) is 32.6 Å². The van der Waals surface area contributed by atoms with Crippen LogP contribution in [0.25, 0.3) is 0 Å². The zero-order valence-corrected chi connectivity index (χ0v) is 16.2. The van der Waals surface area contributed by atoms with Gasteiger partial charge in [0, 0.05) is 20.6 Å². The normalized spacial score (nSPS) is 22.0. The van der Waals surface area contributed by atoms with E-state index >= 15 is 0 Å². The Morgan fingerprint density at radius 1 is 1.41 bits per heavy atom. The highest BCUT2D eigenvalue weighted by atomic mass is 127. The molecule has 1 saturated carbocycles. The van der Waals surface area contributed by atoms with E-state index in [1.165, 1.54) is 32.1 Å². The van der Waals surface area contributed by atoms with Gasteiger partial charge in [-0.1, -0.05) is 26.2 Å². The third kappa shape index (κ3) is 6.10. The summed E-state index contributed by atoms with van der Waals surface area (Å²) >= 11 is 0. The Hall–Kier alpha value is -0.860. The molecule has 0 aliphatic heterocycles. The number of hydrogen-bond donors (Lipinski definition) is 2. The molecule has 1 heterocycles. The minimum absolute atomic E-state index is 0. The monoisotopic (exact) mass is 420 g/mol. The molecular weight excluding hydrogens is 391 g/mol. The molecule has 0 radical (unpaired) electrons. The summed E-state index contributed by atoms with van der Waals surface area (Å²) in [4.78, 5) is 8.44. The number of hydrogen-bond acceptors (Lipinski definition) is 3. The van der Waals surface area contributed by atoms with Crippen molar-refractivity contribution in [3.8, 4) is 0 Å². The zero-order valence-electron chi connectivity index (χ0n) is 13.9. The maximum Gasteiger partial charge on any atom is 0.191 e.